The van der Waals surface area contributed by atoms with Gasteiger partial charge < -0.3 is 19.0 Å². The minimum absolute atomic E-state index is 0.206. The summed E-state index contributed by atoms with van der Waals surface area (Å²) in [5.41, 5.74) is 1.66. The summed E-state index contributed by atoms with van der Waals surface area (Å²) in [6, 6.07) is 6.16. The van der Waals surface area contributed by atoms with E-state index in [1.807, 2.05) is 0 Å². The minimum Gasteiger partial charge on any atom is -0.461 e. The Morgan fingerprint density at radius 1 is 1.32 bits per heavy atom. The maximum Gasteiger partial charge on any atom is 0.257 e. The number of ketones is 1. The Balaban J connectivity index is 1.67. The third-order valence-corrected chi connectivity index (χ3v) is 6.66. The van der Waals surface area contributed by atoms with Gasteiger partial charge in [0.15, 0.2) is 5.76 Å². The van der Waals surface area contributed by atoms with Gasteiger partial charge in [-0.3, -0.25) is 14.4 Å². The number of pyridine rings is 1. The highest BCUT2D eigenvalue weighted by molar-refractivity contribution is 7.17. The number of carbonyl (C=O) groups is 2. The van der Waals surface area contributed by atoms with Crippen molar-refractivity contribution in [3.05, 3.63) is 74.4 Å². The Kier molecular flexibility index (Phi) is 6.20. The van der Waals surface area contributed by atoms with Crippen molar-refractivity contribution in [2.75, 3.05) is 19.0 Å². The molecular weight excluding hydrogens is 416 g/mol. The number of hydrogen-bond acceptors (Lipinski definition) is 6. The van der Waals surface area contributed by atoms with Crippen LogP contribution in [0, 0.1) is 5.92 Å². The lowest BCUT2D eigenvalue weighted by Gasteiger charge is -2.18. The molecule has 0 fully saturated rings. The molecule has 8 heteroatoms. The standard InChI is InChI=1S/C23H24N2O5S/c1-14-5-7-16-18(12-14)31-23(20(16)21(27)17-4-3-10-30-17)24-22(28)15-6-8-19(26)25(13-15)9-11-29-2/h3-4,6,8,10,13-14H,5,7,9,11-12H2,1-2H3,(H,24,28). The van der Waals surface area contributed by atoms with Crippen LogP contribution >= 0.6 is 11.3 Å². The lowest BCUT2D eigenvalue weighted by atomic mass is 9.87. The molecule has 0 aromatic carbocycles. The molecule has 1 unspecified atom stereocenters. The average Bonchev–Trinajstić information content (AvgIpc) is 3.40. The fraction of sp³-hybridized carbons (Fsp3) is 0.348. The molecule has 1 aliphatic rings. The van der Waals surface area contributed by atoms with Crippen LogP contribution in [0.3, 0.4) is 0 Å². The zero-order chi connectivity index (χ0) is 22.0. The van der Waals surface area contributed by atoms with Gasteiger partial charge in [-0.15, -0.1) is 11.3 Å². The fourth-order valence-electron chi connectivity index (χ4n) is 3.82. The maximum absolute atomic E-state index is 13.2. The number of anilines is 1. The van der Waals surface area contributed by atoms with Crippen LogP contribution < -0.4 is 10.9 Å². The van der Waals surface area contributed by atoms with E-state index < -0.39 is 0 Å². The summed E-state index contributed by atoms with van der Waals surface area (Å²) in [6.45, 7) is 2.91. The number of amides is 1. The van der Waals surface area contributed by atoms with E-state index in [0.717, 1.165) is 29.7 Å². The summed E-state index contributed by atoms with van der Waals surface area (Å²) >= 11 is 1.45. The first-order valence-electron chi connectivity index (χ1n) is 10.2. The lowest BCUT2D eigenvalue weighted by molar-refractivity contribution is 0.101. The third-order valence-electron chi connectivity index (χ3n) is 5.49. The molecule has 0 saturated heterocycles. The van der Waals surface area contributed by atoms with E-state index in [4.69, 9.17) is 9.15 Å². The topological polar surface area (TPSA) is 90.5 Å². The molecule has 1 atom stereocenters. The molecule has 0 bridgehead atoms. The molecule has 3 heterocycles. The molecular formula is C23H24N2O5S. The SMILES string of the molecule is COCCn1cc(C(=O)Nc2sc3c(c2C(=O)c2ccco2)CCC(C)C3)ccc1=O. The molecule has 4 rings (SSSR count). The van der Waals surface area contributed by atoms with Gasteiger partial charge in [-0.1, -0.05) is 6.92 Å². The number of methoxy groups -OCH3 is 1. The second-order valence-electron chi connectivity index (χ2n) is 7.76. The molecule has 0 aliphatic heterocycles. The monoisotopic (exact) mass is 440 g/mol. The highest BCUT2D eigenvalue weighted by Gasteiger charge is 2.30. The fourth-order valence-corrected chi connectivity index (χ4v) is 5.22. The number of nitrogens with zero attached hydrogens (tertiary/aromatic N) is 1. The summed E-state index contributed by atoms with van der Waals surface area (Å²) in [5, 5.41) is 3.44. The third kappa shape index (κ3) is 4.40. The summed E-state index contributed by atoms with van der Waals surface area (Å²) in [7, 11) is 1.55. The predicted molar refractivity (Wildman–Crippen MR) is 118 cm³/mol. The van der Waals surface area contributed by atoms with E-state index in [1.54, 1.807) is 19.2 Å². The molecule has 3 aromatic rings. The summed E-state index contributed by atoms with van der Waals surface area (Å²) in [6.07, 6.45) is 5.67. The highest BCUT2D eigenvalue weighted by Crippen LogP contribution is 2.41. The van der Waals surface area contributed by atoms with Crippen LogP contribution in [-0.4, -0.2) is 30.0 Å². The molecule has 0 spiro atoms. The summed E-state index contributed by atoms with van der Waals surface area (Å²) < 4.78 is 11.8. The second-order valence-corrected chi connectivity index (χ2v) is 8.86. The van der Waals surface area contributed by atoms with Gasteiger partial charge in [-0.25, -0.2) is 0 Å². The van der Waals surface area contributed by atoms with Gasteiger partial charge in [-0.2, -0.15) is 0 Å². The number of furan rings is 1. The van der Waals surface area contributed by atoms with Crippen LogP contribution in [0.4, 0.5) is 5.00 Å². The molecule has 0 radical (unpaired) electrons. The van der Waals surface area contributed by atoms with Crippen LogP contribution in [0.25, 0.3) is 0 Å². The molecule has 3 aromatic heterocycles. The van der Waals surface area contributed by atoms with Crippen LogP contribution in [0.2, 0.25) is 0 Å². The number of fused-ring (bicyclic) bond motifs is 1. The van der Waals surface area contributed by atoms with Crippen LogP contribution in [0.5, 0.6) is 0 Å². The van der Waals surface area contributed by atoms with Crippen molar-refractivity contribution >= 4 is 28.0 Å². The minimum atomic E-state index is -0.369. The first kappa shape index (κ1) is 21.3. The molecule has 7 nitrogen and oxygen atoms in total. The lowest BCUT2D eigenvalue weighted by Crippen LogP contribution is -2.23. The van der Waals surface area contributed by atoms with E-state index in [-0.39, 0.29) is 23.0 Å². The van der Waals surface area contributed by atoms with Gasteiger partial charge in [0.25, 0.3) is 11.5 Å². The van der Waals surface area contributed by atoms with Gasteiger partial charge in [0.05, 0.1) is 24.0 Å². The second kappa shape index (κ2) is 9.03. The molecule has 1 aliphatic carbocycles. The first-order chi connectivity index (χ1) is 15.0. The first-order valence-corrected chi connectivity index (χ1v) is 11.0. The van der Waals surface area contributed by atoms with Crippen LogP contribution in [0.15, 0.2) is 45.9 Å². The van der Waals surface area contributed by atoms with E-state index in [0.29, 0.717) is 35.2 Å². The number of carbonyl (C=O) groups excluding carboxylic acids is 2. The quantitative estimate of drug-likeness (QED) is 0.565. The maximum atomic E-state index is 13.2. The van der Waals surface area contributed by atoms with E-state index >= 15 is 0 Å². The normalized spacial score (nSPS) is 15.5. The Morgan fingerprint density at radius 2 is 2.16 bits per heavy atom. The van der Waals surface area contributed by atoms with Crippen LogP contribution in [-0.2, 0) is 24.1 Å². The van der Waals surface area contributed by atoms with Crippen molar-refractivity contribution in [2.24, 2.45) is 5.92 Å². The van der Waals surface area contributed by atoms with Gasteiger partial charge in [0.1, 0.15) is 5.00 Å². The number of aromatic nitrogens is 1. The summed E-state index contributed by atoms with van der Waals surface area (Å²) in [5.74, 6) is 0.192. The van der Waals surface area contributed by atoms with Crippen molar-refractivity contribution < 1.29 is 18.7 Å². The van der Waals surface area contributed by atoms with Crippen molar-refractivity contribution in [1.29, 1.82) is 0 Å². The Hall–Kier alpha value is -2.97. The number of hydrogen-bond donors (Lipinski definition) is 1. The zero-order valence-electron chi connectivity index (χ0n) is 17.5. The van der Waals surface area contributed by atoms with E-state index in [2.05, 4.69) is 12.2 Å². The number of nitrogens with one attached hydrogen (secondary N) is 1. The molecule has 0 saturated carbocycles. The van der Waals surface area contributed by atoms with Crippen molar-refractivity contribution in [3.8, 4) is 0 Å². The zero-order valence-corrected chi connectivity index (χ0v) is 18.3. The van der Waals surface area contributed by atoms with Crippen molar-refractivity contribution in [3.63, 3.8) is 0 Å². The largest absolute Gasteiger partial charge is 0.461 e. The van der Waals surface area contributed by atoms with Crippen molar-refractivity contribution in [2.45, 2.75) is 32.7 Å². The molecule has 1 N–H and O–H groups in total. The molecule has 162 valence electrons. The Labute approximate surface area is 183 Å². The van der Waals surface area contributed by atoms with Gasteiger partial charge >= 0.3 is 0 Å². The van der Waals surface area contributed by atoms with E-state index in [1.165, 1.54) is 40.5 Å². The number of thiophene rings is 1. The average molecular weight is 441 g/mol. The smallest absolute Gasteiger partial charge is 0.257 e. The van der Waals surface area contributed by atoms with Gasteiger partial charge in [-0.05, 0) is 48.9 Å². The Bertz CT molecular complexity index is 1160. The Morgan fingerprint density at radius 3 is 2.90 bits per heavy atom. The number of ether oxygens (including phenoxy) is 1. The molecule has 31 heavy (non-hydrogen) atoms. The summed E-state index contributed by atoms with van der Waals surface area (Å²) in [4.78, 5) is 39.3. The highest BCUT2D eigenvalue weighted by atomic mass is 32.1. The van der Waals surface area contributed by atoms with Crippen LogP contribution in [0.1, 0.15) is 50.3 Å². The van der Waals surface area contributed by atoms with Gasteiger partial charge in [0, 0.05) is 30.8 Å². The van der Waals surface area contributed by atoms with Gasteiger partial charge in [0.2, 0.25) is 5.78 Å². The molecule has 1 amide bonds. The predicted octanol–water partition coefficient (Wildman–Crippen LogP) is 3.76. The van der Waals surface area contributed by atoms with Crippen molar-refractivity contribution in [1.82, 2.24) is 4.57 Å². The number of rotatable bonds is 7. The van der Waals surface area contributed by atoms with E-state index in [9.17, 15) is 14.4 Å².